The Kier molecular flexibility index (Phi) is 7.91. The van der Waals surface area contributed by atoms with Crippen LogP contribution < -0.4 is 0 Å². The van der Waals surface area contributed by atoms with E-state index in [1.807, 2.05) is 36.4 Å². The van der Waals surface area contributed by atoms with Gasteiger partial charge in [-0.25, -0.2) is 0 Å². The average molecular weight is 310 g/mol. The predicted molar refractivity (Wildman–Crippen MR) is 87.9 cm³/mol. The normalized spacial score (nSPS) is 9.70. The second-order valence-electron chi connectivity index (χ2n) is 3.86. The lowest BCUT2D eigenvalue weighted by molar-refractivity contribution is 0.482. The molecule has 3 nitrogen and oxygen atoms in total. The van der Waals surface area contributed by atoms with Crippen molar-refractivity contribution >= 4 is 29.7 Å². The highest BCUT2D eigenvalue weighted by atomic mass is 32.2. The Morgan fingerprint density at radius 1 is 1.00 bits per heavy atom. The van der Waals surface area contributed by atoms with Crippen molar-refractivity contribution in [2.75, 3.05) is 0 Å². The molecule has 108 valence electrons. The van der Waals surface area contributed by atoms with Crippen LogP contribution in [0.1, 0.15) is 11.1 Å². The molecule has 2 rings (SSSR count). The third-order valence-corrected chi connectivity index (χ3v) is 3.42. The van der Waals surface area contributed by atoms with Crippen LogP contribution in [0.3, 0.4) is 0 Å². The van der Waals surface area contributed by atoms with Gasteiger partial charge in [-0.15, -0.1) is 0 Å². The van der Waals surface area contributed by atoms with Crippen LogP contribution >= 0.6 is 13.5 Å². The van der Waals surface area contributed by atoms with Gasteiger partial charge in [0.25, 0.3) is 10.1 Å². The van der Waals surface area contributed by atoms with Crippen LogP contribution in [0.2, 0.25) is 0 Å². The minimum Gasteiger partial charge on any atom is -0.282 e. The number of hydrogen-bond acceptors (Lipinski definition) is 2. The minimum atomic E-state index is -4.03. The van der Waals surface area contributed by atoms with Gasteiger partial charge in [-0.05, 0) is 24.1 Å². The molecule has 2 aromatic carbocycles. The van der Waals surface area contributed by atoms with Gasteiger partial charge in [0.2, 0.25) is 0 Å². The van der Waals surface area contributed by atoms with Gasteiger partial charge < -0.3 is 0 Å². The van der Waals surface area contributed by atoms with Crippen molar-refractivity contribution in [1.29, 1.82) is 0 Å². The lowest BCUT2D eigenvalue weighted by atomic mass is 10.2. The zero-order valence-corrected chi connectivity index (χ0v) is 13.0. The first-order valence-corrected chi connectivity index (χ1v) is 7.10. The maximum Gasteiger partial charge on any atom is 0.294 e. The zero-order valence-electron chi connectivity index (χ0n) is 11.2. The monoisotopic (exact) mass is 310 g/mol. The Labute approximate surface area is 127 Å². The molecule has 0 atom stereocenters. The van der Waals surface area contributed by atoms with Gasteiger partial charge in [-0.1, -0.05) is 61.2 Å². The van der Waals surface area contributed by atoms with E-state index in [9.17, 15) is 8.42 Å². The molecule has 0 fully saturated rings. The molecule has 0 aliphatic heterocycles. The first-order chi connectivity index (χ1) is 8.95. The van der Waals surface area contributed by atoms with Crippen molar-refractivity contribution in [2.24, 2.45) is 0 Å². The fourth-order valence-corrected chi connectivity index (χ4v) is 2.16. The van der Waals surface area contributed by atoms with E-state index >= 15 is 0 Å². The fraction of sp³-hybridized carbons (Fsp3) is 0.0667. The number of benzene rings is 2. The largest absolute Gasteiger partial charge is 0.294 e. The molecule has 0 amide bonds. The third-order valence-electron chi connectivity index (χ3n) is 2.41. The van der Waals surface area contributed by atoms with Crippen LogP contribution in [-0.2, 0) is 10.1 Å². The molecular formula is C15H18O3S2. The summed E-state index contributed by atoms with van der Waals surface area (Å²) in [6, 6.07) is 16.3. The maximum atomic E-state index is 10.6. The molecule has 0 saturated heterocycles. The maximum absolute atomic E-state index is 10.6. The summed E-state index contributed by atoms with van der Waals surface area (Å²) in [5, 5.41) is 0. The molecule has 0 saturated carbocycles. The molecule has 0 bridgehead atoms. The van der Waals surface area contributed by atoms with E-state index in [1.165, 1.54) is 11.6 Å². The zero-order chi connectivity index (χ0) is 14.3. The molecule has 0 unspecified atom stereocenters. The summed E-state index contributed by atoms with van der Waals surface area (Å²) in [4.78, 5) is -0.0278. The van der Waals surface area contributed by atoms with Gasteiger partial charge in [-0.3, -0.25) is 4.55 Å². The molecule has 0 aliphatic carbocycles. The lowest BCUT2D eigenvalue weighted by Gasteiger charge is -1.99. The highest BCUT2D eigenvalue weighted by Gasteiger charge is 2.10. The summed E-state index contributed by atoms with van der Waals surface area (Å²) in [5.74, 6) is 0. The molecule has 0 spiro atoms. The summed E-state index contributed by atoms with van der Waals surface area (Å²) in [5.41, 5.74) is 1.72. The van der Waals surface area contributed by atoms with Gasteiger partial charge in [0, 0.05) is 0 Å². The Bertz CT molecular complexity index is 635. The highest BCUT2D eigenvalue weighted by Crippen LogP contribution is 2.12. The van der Waals surface area contributed by atoms with Gasteiger partial charge in [-0.2, -0.15) is 21.9 Å². The van der Waals surface area contributed by atoms with Crippen molar-refractivity contribution in [1.82, 2.24) is 0 Å². The highest BCUT2D eigenvalue weighted by molar-refractivity contribution is 7.85. The van der Waals surface area contributed by atoms with E-state index < -0.39 is 10.1 Å². The Morgan fingerprint density at radius 3 is 1.85 bits per heavy atom. The van der Waals surface area contributed by atoms with E-state index in [2.05, 4.69) is 6.58 Å². The van der Waals surface area contributed by atoms with E-state index in [0.717, 1.165) is 0 Å². The Hall–Kier alpha value is -1.56. The molecule has 20 heavy (non-hydrogen) atoms. The van der Waals surface area contributed by atoms with Crippen molar-refractivity contribution in [2.45, 2.75) is 11.8 Å². The predicted octanol–water partition coefficient (Wildman–Crippen LogP) is 3.68. The minimum absolute atomic E-state index is 0. The quantitative estimate of drug-likeness (QED) is 0.861. The topological polar surface area (TPSA) is 54.4 Å². The van der Waals surface area contributed by atoms with Gasteiger partial charge in [0.1, 0.15) is 0 Å². The molecule has 2 aromatic rings. The average Bonchev–Trinajstić information content (AvgIpc) is 2.39. The van der Waals surface area contributed by atoms with Crippen LogP contribution in [0, 0.1) is 6.92 Å². The summed E-state index contributed by atoms with van der Waals surface area (Å²) in [6.07, 6.45) is 1.83. The van der Waals surface area contributed by atoms with Crippen molar-refractivity contribution in [3.05, 3.63) is 72.3 Å². The summed E-state index contributed by atoms with van der Waals surface area (Å²) < 4.78 is 29.9. The van der Waals surface area contributed by atoms with Crippen LogP contribution in [0.5, 0.6) is 0 Å². The van der Waals surface area contributed by atoms with E-state index in [4.69, 9.17) is 4.55 Å². The molecule has 1 N–H and O–H groups in total. The van der Waals surface area contributed by atoms with Crippen molar-refractivity contribution in [3.63, 3.8) is 0 Å². The van der Waals surface area contributed by atoms with Gasteiger partial charge in [0.15, 0.2) is 0 Å². The van der Waals surface area contributed by atoms with Gasteiger partial charge >= 0.3 is 0 Å². The smallest absolute Gasteiger partial charge is 0.282 e. The molecular weight excluding hydrogens is 292 g/mol. The van der Waals surface area contributed by atoms with Crippen molar-refractivity contribution < 1.29 is 13.0 Å². The first kappa shape index (κ1) is 18.4. The summed E-state index contributed by atoms with van der Waals surface area (Å²) in [7, 11) is -4.03. The van der Waals surface area contributed by atoms with E-state index in [0.29, 0.717) is 5.56 Å². The molecule has 0 aliphatic rings. The van der Waals surface area contributed by atoms with Crippen LogP contribution in [-0.4, -0.2) is 13.0 Å². The summed E-state index contributed by atoms with van der Waals surface area (Å²) >= 11 is 0. The molecule has 0 aromatic heterocycles. The van der Waals surface area contributed by atoms with E-state index in [-0.39, 0.29) is 18.4 Å². The van der Waals surface area contributed by atoms with Crippen molar-refractivity contribution in [3.8, 4) is 0 Å². The molecule has 0 radical (unpaired) electrons. The van der Waals surface area contributed by atoms with Crippen LogP contribution in [0.25, 0.3) is 6.08 Å². The van der Waals surface area contributed by atoms with E-state index in [1.54, 1.807) is 25.1 Å². The molecule has 0 heterocycles. The number of hydrogen-bond donors (Lipinski definition) is 1. The summed E-state index contributed by atoms with van der Waals surface area (Å²) in [6.45, 7) is 5.26. The third kappa shape index (κ3) is 6.06. The number of aryl methyl sites for hydroxylation is 1. The Morgan fingerprint density at radius 2 is 1.50 bits per heavy atom. The SMILES string of the molecule is C=Cc1ccccc1.Cc1ccccc1S(=O)(=O)O.S. The first-order valence-electron chi connectivity index (χ1n) is 5.65. The number of rotatable bonds is 2. The van der Waals surface area contributed by atoms with Crippen LogP contribution in [0.4, 0.5) is 0 Å². The Balaban J connectivity index is 0.000000359. The second-order valence-corrected chi connectivity index (χ2v) is 5.25. The fourth-order valence-electron chi connectivity index (χ4n) is 1.43. The van der Waals surface area contributed by atoms with Gasteiger partial charge in [0.05, 0.1) is 4.90 Å². The van der Waals surface area contributed by atoms with Crippen LogP contribution in [0.15, 0.2) is 66.1 Å². The lowest BCUT2D eigenvalue weighted by Crippen LogP contribution is -1.99. The molecule has 5 heteroatoms. The second kappa shape index (κ2) is 8.58. The standard InChI is InChI=1S/C8H8.C7H8O3S.H2S/c1-2-8-6-4-3-5-7-8;1-6-4-2-3-5-7(6)11(8,9)10;/h2-7H,1H2;2-5H,1H3,(H,8,9,10);1H2.